The summed E-state index contributed by atoms with van der Waals surface area (Å²) < 4.78 is 10.4. The second-order valence-corrected chi connectivity index (χ2v) is 7.97. The molecule has 0 bridgehead atoms. The van der Waals surface area contributed by atoms with E-state index in [0.29, 0.717) is 26.1 Å². The first-order valence-corrected chi connectivity index (χ1v) is 11.5. The van der Waals surface area contributed by atoms with Gasteiger partial charge in [0.15, 0.2) is 0 Å². The lowest BCUT2D eigenvalue weighted by molar-refractivity contribution is -0.149. The number of carbonyl (C=O) groups excluding carboxylic acids is 2. The zero-order chi connectivity index (χ0) is 21.0. The number of rotatable bonds is 19. The third-order valence-corrected chi connectivity index (χ3v) is 5.23. The molecule has 0 radical (unpaired) electrons. The first kappa shape index (κ1) is 26.7. The summed E-state index contributed by atoms with van der Waals surface area (Å²) in [7, 11) is 0. The molecule has 0 fully saturated rings. The van der Waals surface area contributed by atoms with Gasteiger partial charge in [-0.25, -0.2) is 4.79 Å². The van der Waals surface area contributed by atoms with Crippen molar-refractivity contribution in [1.29, 1.82) is 0 Å². The van der Waals surface area contributed by atoms with E-state index in [1.54, 1.807) is 0 Å². The van der Waals surface area contributed by atoms with Crippen LogP contribution in [-0.4, -0.2) is 25.2 Å². The van der Waals surface area contributed by atoms with Gasteiger partial charge in [0.05, 0.1) is 19.1 Å². The van der Waals surface area contributed by atoms with Crippen LogP contribution in [0.3, 0.4) is 0 Å². The Balaban J connectivity index is 3.95. The van der Waals surface area contributed by atoms with E-state index in [-0.39, 0.29) is 11.9 Å². The molecule has 2 atom stereocenters. The van der Waals surface area contributed by atoms with Crippen LogP contribution in [0, 0.1) is 11.8 Å². The van der Waals surface area contributed by atoms with Crippen molar-refractivity contribution in [3.63, 3.8) is 0 Å². The summed E-state index contributed by atoms with van der Waals surface area (Å²) in [5.41, 5.74) is 0. The Bertz CT molecular complexity index is 405. The van der Waals surface area contributed by atoms with Gasteiger partial charge in [-0.3, -0.25) is 4.79 Å². The predicted octanol–water partition coefficient (Wildman–Crippen LogP) is 6.62. The number of hydrogen-bond acceptors (Lipinski definition) is 4. The molecule has 0 saturated carbocycles. The fraction of sp³-hybridized carbons (Fsp3) is 0.833. The molecule has 0 aromatic rings. The van der Waals surface area contributed by atoms with Crippen LogP contribution in [0.2, 0.25) is 0 Å². The van der Waals surface area contributed by atoms with Crippen LogP contribution in [-0.2, 0) is 19.1 Å². The first-order chi connectivity index (χ1) is 13.5. The van der Waals surface area contributed by atoms with Gasteiger partial charge >= 0.3 is 11.9 Å². The molecule has 0 amide bonds. The molecular formula is C24H44O4. The molecule has 0 aliphatic carbocycles. The molecule has 0 heterocycles. The van der Waals surface area contributed by atoms with E-state index in [0.717, 1.165) is 44.1 Å². The Morgan fingerprint density at radius 2 is 1.32 bits per heavy atom. The molecule has 4 nitrogen and oxygen atoms in total. The molecule has 0 aliphatic heterocycles. The maximum absolute atomic E-state index is 12.4. The number of unbranched alkanes of at least 4 members (excludes halogenated alkanes) is 5. The van der Waals surface area contributed by atoms with E-state index >= 15 is 0 Å². The Morgan fingerprint density at radius 3 is 1.96 bits per heavy atom. The van der Waals surface area contributed by atoms with Crippen molar-refractivity contribution < 1.29 is 19.1 Å². The molecule has 4 heteroatoms. The fourth-order valence-electron chi connectivity index (χ4n) is 3.31. The Kier molecular flexibility index (Phi) is 18.1. The highest BCUT2D eigenvalue weighted by molar-refractivity contribution is 5.81. The van der Waals surface area contributed by atoms with Crippen LogP contribution in [0.4, 0.5) is 0 Å². The average Bonchev–Trinajstić information content (AvgIpc) is 2.70. The van der Waals surface area contributed by atoms with Gasteiger partial charge < -0.3 is 9.47 Å². The van der Waals surface area contributed by atoms with E-state index in [9.17, 15) is 9.59 Å². The Hall–Kier alpha value is -1.32. The van der Waals surface area contributed by atoms with Crippen molar-refractivity contribution in [2.45, 2.75) is 104 Å². The Labute approximate surface area is 173 Å². The van der Waals surface area contributed by atoms with Crippen molar-refractivity contribution >= 4 is 11.9 Å². The van der Waals surface area contributed by atoms with Gasteiger partial charge in [0.25, 0.3) is 0 Å². The average molecular weight is 397 g/mol. The molecule has 164 valence electrons. The first-order valence-electron chi connectivity index (χ1n) is 11.5. The quantitative estimate of drug-likeness (QED) is 0.140. The molecule has 28 heavy (non-hydrogen) atoms. The van der Waals surface area contributed by atoms with Crippen molar-refractivity contribution in [1.82, 2.24) is 0 Å². The highest BCUT2D eigenvalue weighted by Crippen LogP contribution is 2.21. The minimum atomic E-state index is -0.406. The number of ether oxygens (including phenoxy) is 2. The van der Waals surface area contributed by atoms with Gasteiger partial charge in [-0.15, -0.1) is 0 Å². The minimum absolute atomic E-state index is 0.0380. The van der Waals surface area contributed by atoms with Crippen molar-refractivity contribution in [2.24, 2.45) is 11.8 Å². The van der Waals surface area contributed by atoms with Gasteiger partial charge in [-0.05, 0) is 31.6 Å². The summed E-state index contributed by atoms with van der Waals surface area (Å²) in [5, 5.41) is 0. The maximum Gasteiger partial charge on any atom is 0.330 e. The number of hydrogen-bond donors (Lipinski definition) is 0. The van der Waals surface area contributed by atoms with E-state index < -0.39 is 5.97 Å². The molecule has 0 aliphatic rings. The lowest BCUT2D eigenvalue weighted by Crippen LogP contribution is -2.19. The summed E-state index contributed by atoms with van der Waals surface area (Å²) in [5.74, 6) is 0.409. The summed E-state index contributed by atoms with van der Waals surface area (Å²) in [6, 6.07) is 0. The lowest BCUT2D eigenvalue weighted by atomic mass is 9.93. The zero-order valence-corrected chi connectivity index (χ0v) is 18.7. The summed E-state index contributed by atoms with van der Waals surface area (Å²) in [6.45, 7) is 10.9. The highest BCUT2D eigenvalue weighted by Gasteiger charge is 2.19. The molecule has 2 unspecified atom stereocenters. The largest absolute Gasteiger partial charge is 0.465 e. The smallest absolute Gasteiger partial charge is 0.330 e. The zero-order valence-electron chi connectivity index (χ0n) is 18.7. The molecule has 0 saturated heterocycles. The standard InChI is InChI=1S/C24H44O4/c1-5-8-15-21(4)16-11-10-12-18-22(17-9-6-2)24(26)28-20-14-13-19-27-23(25)7-3/h7,21-22H,3,5-6,8-20H2,1-2,4H3. The summed E-state index contributed by atoms with van der Waals surface area (Å²) in [4.78, 5) is 23.4. The van der Waals surface area contributed by atoms with Crippen molar-refractivity contribution in [3.8, 4) is 0 Å². The normalized spacial score (nSPS) is 13.0. The second kappa shape index (κ2) is 19.0. The van der Waals surface area contributed by atoms with Gasteiger partial charge in [0, 0.05) is 6.08 Å². The summed E-state index contributed by atoms with van der Waals surface area (Å²) in [6.07, 6.45) is 15.5. The van der Waals surface area contributed by atoms with Gasteiger partial charge in [-0.2, -0.15) is 0 Å². The molecular weight excluding hydrogens is 352 g/mol. The third-order valence-electron chi connectivity index (χ3n) is 5.23. The number of esters is 2. The van der Waals surface area contributed by atoms with Crippen LogP contribution >= 0.6 is 0 Å². The van der Waals surface area contributed by atoms with Crippen LogP contribution < -0.4 is 0 Å². The molecule has 0 aromatic heterocycles. The van der Waals surface area contributed by atoms with Crippen molar-refractivity contribution in [3.05, 3.63) is 12.7 Å². The maximum atomic E-state index is 12.4. The predicted molar refractivity (Wildman–Crippen MR) is 116 cm³/mol. The minimum Gasteiger partial charge on any atom is -0.465 e. The SMILES string of the molecule is C=CC(=O)OCCCCOC(=O)C(CCCC)CCCCCC(C)CCCC. The lowest BCUT2D eigenvalue weighted by Gasteiger charge is -2.16. The summed E-state index contributed by atoms with van der Waals surface area (Å²) >= 11 is 0. The molecule has 0 aromatic carbocycles. The molecule has 0 rings (SSSR count). The Morgan fingerprint density at radius 1 is 0.786 bits per heavy atom. The monoisotopic (exact) mass is 396 g/mol. The van der Waals surface area contributed by atoms with Crippen LogP contribution in [0.1, 0.15) is 104 Å². The molecule has 0 spiro atoms. The fourth-order valence-corrected chi connectivity index (χ4v) is 3.31. The highest BCUT2D eigenvalue weighted by atomic mass is 16.5. The van der Waals surface area contributed by atoms with Gasteiger partial charge in [-0.1, -0.05) is 85.1 Å². The van der Waals surface area contributed by atoms with E-state index in [1.807, 2.05) is 0 Å². The van der Waals surface area contributed by atoms with Crippen LogP contribution in [0.15, 0.2) is 12.7 Å². The van der Waals surface area contributed by atoms with Gasteiger partial charge in [0.1, 0.15) is 0 Å². The number of carbonyl (C=O) groups is 2. The van der Waals surface area contributed by atoms with Crippen LogP contribution in [0.25, 0.3) is 0 Å². The molecule has 0 N–H and O–H groups in total. The van der Waals surface area contributed by atoms with E-state index in [4.69, 9.17) is 9.47 Å². The third kappa shape index (κ3) is 15.7. The van der Waals surface area contributed by atoms with Gasteiger partial charge in [0.2, 0.25) is 0 Å². The van der Waals surface area contributed by atoms with Crippen molar-refractivity contribution in [2.75, 3.05) is 13.2 Å². The topological polar surface area (TPSA) is 52.6 Å². The van der Waals surface area contributed by atoms with Crippen LogP contribution in [0.5, 0.6) is 0 Å². The van der Waals surface area contributed by atoms with E-state index in [2.05, 4.69) is 27.4 Å². The van der Waals surface area contributed by atoms with E-state index in [1.165, 1.54) is 38.5 Å². The second-order valence-electron chi connectivity index (χ2n) is 7.97.